The molecule has 14 heteroatoms. The van der Waals surface area contributed by atoms with E-state index in [9.17, 15) is 39.9 Å². The van der Waals surface area contributed by atoms with Crippen molar-refractivity contribution in [3.63, 3.8) is 0 Å². The Morgan fingerprint density at radius 2 is 1.76 bits per heavy atom. The molecule has 29 heavy (non-hydrogen) atoms. The van der Waals surface area contributed by atoms with Crippen molar-refractivity contribution in [1.82, 2.24) is 19.3 Å². The standard InChI is InChI=1S/C15H13F8N5O/c1-7-5-28-11(29)9(10(14(18,19)20)24-12(28)26(7)2)8-3-4-27(25-8)6-13(16,17)15(21,22)23/h3-4,7H,5-6H2,1-2H3. The third-order valence-electron chi connectivity index (χ3n) is 4.51. The first-order valence-corrected chi connectivity index (χ1v) is 8.06. The van der Waals surface area contributed by atoms with Crippen molar-refractivity contribution >= 4 is 5.95 Å². The second-order valence-corrected chi connectivity index (χ2v) is 6.61. The molecule has 3 heterocycles. The van der Waals surface area contributed by atoms with Crippen LogP contribution < -0.4 is 10.5 Å². The van der Waals surface area contributed by atoms with Gasteiger partial charge in [0.2, 0.25) is 5.95 Å². The third-order valence-corrected chi connectivity index (χ3v) is 4.51. The van der Waals surface area contributed by atoms with Gasteiger partial charge in [-0.3, -0.25) is 14.0 Å². The average molecular weight is 431 g/mol. The minimum atomic E-state index is -5.87. The van der Waals surface area contributed by atoms with Gasteiger partial charge in [-0.15, -0.1) is 0 Å². The molecule has 1 aliphatic rings. The number of fused-ring (bicyclic) bond motifs is 1. The molecule has 0 bridgehead atoms. The van der Waals surface area contributed by atoms with Crippen LogP contribution in [0.4, 0.5) is 41.1 Å². The SMILES string of the molecule is CC1Cn2c(nc(C(F)(F)F)c(-c3ccn(CC(F)(F)C(F)(F)F)n3)c2=O)N1C. The summed E-state index contributed by atoms with van der Waals surface area (Å²) in [5.41, 5.74) is -4.43. The van der Waals surface area contributed by atoms with Gasteiger partial charge >= 0.3 is 18.3 Å². The maximum atomic E-state index is 13.5. The molecule has 160 valence electrons. The highest BCUT2D eigenvalue weighted by atomic mass is 19.4. The van der Waals surface area contributed by atoms with Crippen LogP contribution in [0.3, 0.4) is 0 Å². The van der Waals surface area contributed by atoms with Crippen LogP contribution in [0.25, 0.3) is 11.3 Å². The molecule has 0 fully saturated rings. The lowest BCUT2D eigenvalue weighted by molar-refractivity contribution is -0.287. The maximum Gasteiger partial charge on any atom is 0.455 e. The van der Waals surface area contributed by atoms with Crippen molar-refractivity contribution < 1.29 is 35.1 Å². The number of hydrogen-bond acceptors (Lipinski definition) is 4. The van der Waals surface area contributed by atoms with Crippen molar-refractivity contribution in [3.05, 3.63) is 28.3 Å². The molecular formula is C15H13F8N5O. The summed E-state index contributed by atoms with van der Waals surface area (Å²) in [6.07, 6.45) is -10.3. The van der Waals surface area contributed by atoms with E-state index < -0.39 is 47.3 Å². The first-order valence-electron chi connectivity index (χ1n) is 8.06. The summed E-state index contributed by atoms with van der Waals surface area (Å²) in [6, 6.07) is 0.421. The number of hydrogen-bond donors (Lipinski definition) is 0. The lowest BCUT2D eigenvalue weighted by Gasteiger charge is -2.19. The van der Waals surface area contributed by atoms with E-state index >= 15 is 0 Å². The van der Waals surface area contributed by atoms with Crippen molar-refractivity contribution in [2.24, 2.45) is 0 Å². The van der Waals surface area contributed by atoms with Gasteiger partial charge in [0.25, 0.3) is 5.56 Å². The molecule has 0 radical (unpaired) electrons. The molecule has 0 aliphatic carbocycles. The Morgan fingerprint density at radius 1 is 1.14 bits per heavy atom. The largest absolute Gasteiger partial charge is 0.455 e. The minimum Gasteiger partial charge on any atom is -0.341 e. The Balaban J connectivity index is 2.12. The minimum absolute atomic E-state index is 0.0235. The molecule has 0 aromatic carbocycles. The number of alkyl halides is 8. The predicted molar refractivity (Wildman–Crippen MR) is 83.6 cm³/mol. The molecule has 2 aromatic heterocycles. The van der Waals surface area contributed by atoms with Gasteiger partial charge in [0, 0.05) is 25.8 Å². The first kappa shape index (κ1) is 21.0. The zero-order valence-electron chi connectivity index (χ0n) is 14.8. The number of anilines is 1. The molecule has 0 spiro atoms. The van der Waals surface area contributed by atoms with Crippen molar-refractivity contribution in [2.45, 2.75) is 44.3 Å². The van der Waals surface area contributed by atoms with Crippen LogP contribution in [0.5, 0.6) is 0 Å². The van der Waals surface area contributed by atoms with E-state index in [1.54, 1.807) is 6.92 Å². The number of likely N-dealkylation sites (N-methyl/N-ethyl adjacent to an activating group) is 1. The lowest BCUT2D eigenvalue weighted by Crippen LogP contribution is -2.40. The molecule has 0 amide bonds. The zero-order chi connectivity index (χ0) is 21.9. The highest BCUT2D eigenvalue weighted by Gasteiger charge is 2.57. The quantitative estimate of drug-likeness (QED) is 0.701. The zero-order valence-corrected chi connectivity index (χ0v) is 14.8. The topological polar surface area (TPSA) is 56.0 Å². The fourth-order valence-corrected chi connectivity index (χ4v) is 2.87. The highest BCUT2D eigenvalue weighted by molar-refractivity contribution is 5.63. The fourth-order valence-electron chi connectivity index (χ4n) is 2.87. The molecule has 0 N–H and O–H groups in total. The summed E-state index contributed by atoms with van der Waals surface area (Å²) >= 11 is 0. The van der Waals surface area contributed by atoms with E-state index in [1.165, 1.54) is 11.9 Å². The van der Waals surface area contributed by atoms with Crippen molar-refractivity contribution in [3.8, 4) is 11.3 Å². The summed E-state index contributed by atoms with van der Waals surface area (Å²) in [5, 5.41) is 3.35. The smallest absolute Gasteiger partial charge is 0.341 e. The van der Waals surface area contributed by atoms with Crippen LogP contribution >= 0.6 is 0 Å². The normalized spacial score (nSPS) is 17.7. The van der Waals surface area contributed by atoms with Crippen LogP contribution in [0.15, 0.2) is 17.1 Å². The van der Waals surface area contributed by atoms with Crippen molar-refractivity contribution in [1.29, 1.82) is 0 Å². The van der Waals surface area contributed by atoms with Crippen LogP contribution in [0, 0.1) is 0 Å². The molecule has 0 saturated carbocycles. The van der Waals surface area contributed by atoms with Gasteiger partial charge in [0.1, 0.15) is 12.2 Å². The highest BCUT2D eigenvalue weighted by Crippen LogP contribution is 2.38. The van der Waals surface area contributed by atoms with Gasteiger partial charge < -0.3 is 4.90 Å². The maximum absolute atomic E-state index is 13.5. The Hall–Kier alpha value is -2.67. The number of nitrogens with zero attached hydrogens (tertiary/aromatic N) is 5. The van der Waals surface area contributed by atoms with Gasteiger partial charge in [-0.05, 0) is 13.0 Å². The van der Waals surface area contributed by atoms with Crippen molar-refractivity contribution in [2.75, 3.05) is 11.9 Å². The molecular weight excluding hydrogens is 418 g/mol. The van der Waals surface area contributed by atoms with E-state index in [1.807, 2.05) is 0 Å². The van der Waals surface area contributed by atoms with Gasteiger partial charge in [0.15, 0.2) is 5.69 Å². The first-order chi connectivity index (χ1) is 13.1. The number of rotatable bonds is 3. The Bertz CT molecular complexity index is 990. The van der Waals surface area contributed by atoms with Gasteiger partial charge in [-0.1, -0.05) is 0 Å². The van der Waals surface area contributed by atoms with Gasteiger partial charge in [0.05, 0.1) is 5.56 Å². The Labute approximate surface area is 157 Å². The van der Waals surface area contributed by atoms with E-state index in [0.717, 1.165) is 10.6 Å². The van der Waals surface area contributed by atoms with E-state index in [0.29, 0.717) is 6.20 Å². The van der Waals surface area contributed by atoms with Gasteiger partial charge in [-0.25, -0.2) is 4.98 Å². The molecule has 6 nitrogen and oxygen atoms in total. The van der Waals surface area contributed by atoms with E-state index in [-0.39, 0.29) is 23.2 Å². The van der Waals surface area contributed by atoms with Crippen LogP contribution in [0.2, 0.25) is 0 Å². The second-order valence-electron chi connectivity index (χ2n) is 6.61. The summed E-state index contributed by atoms with van der Waals surface area (Å²) in [7, 11) is 1.45. The summed E-state index contributed by atoms with van der Waals surface area (Å²) in [5.74, 6) is -5.39. The molecule has 3 rings (SSSR count). The fraction of sp³-hybridized carbons (Fsp3) is 0.533. The van der Waals surface area contributed by atoms with Crippen LogP contribution in [-0.2, 0) is 19.3 Å². The molecule has 0 saturated heterocycles. The Morgan fingerprint density at radius 3 is 2.31 bits per heavy atom. The molecule has 2 aromatic rings. The summed E-state index contributed by atoms with van der Waals surface area (Å²) in [6.45, 7) is -0.276. The third kappa shape index (κ3) is 3.55. The molecule has 1 unspecified atom stereocenters. The monoisotopic (exact) mass is 431 g/mol. The Kier molecular flexibility index (Phi) is 4.66. The summed E-state index contributed by atoms with van der Waals surface area (Å²) in [4.78, 5) is 17.6. The number of halogens is 8. The summed E-state index contributed by atoms with van der Waals surface area (Å²) < 4.78 is 105. The lowest BCUT2D eigenvalue weighted by atomic mass is 10.1. The van der Waals surface area contributed by atoms with Gasteiger partial charge in [-0.2, -0.15) is 40.2 Å². The second kappa shape index (κ2) is 6.42. The predicted octanol–water partition coefficient (Wildman–Crippen LogP) is 3.16. The van der Waals surface area contributed by atoms with Crippen LogP contribution in [-0.4, -0.2) is 44.5 Å². The van der Waals surface area contributed by atoms with E-state index in [2.05, 4.69) is 10.1 Å². The number of aromatic nitrogens is 4. The average Bonchev–Trinajstić information content (AvgIpc) is 3.11. The molecule has 1 atom stereocenters. The van der Waals surface area contributed by atoms with E-state index in [4.69, 9.17) is 0 Å². The van der Waals surface area contributed by atoms with Crippen LogP contribution in [0.1, 0.15) is 12.6 Å². The molecule has 1 aliphatic heterocycles.